The number of hydrogen-bond donors (Lipinski definition) is 0. The van der Waals surface area contributed by atoms with E-state index in [4.69, 9.17) is 0 Å². The zero-order valence-corrected chi connectivity index (χ0v) is 10.4. The van der Waals surface area contributed by atoms with Crippen LogP contribution in [0.25, 0.3) is 0 Å². The van der Waals surface area contributed by atoms with Crippen LogP contribution in [0, 0.1) is 11.8 Å². The predicted molar refractivity (Wildman–Crippen MR) is 66.0 cm³/mol. The average molecular weight is 209 g/mol. The van der Waals surface area contributed by atoms with Gasteiger partial charge in [0.15, 0.2) is 0 Å². The number of likely N-dealkylation sites (tertiary alicyclic amines) is 1. The first-order valence-electron chi connectivity index (χ1n) is 7.11. The zero-order valence-electron chi connectivity index (χ0n) is 10.4. The Hall–Kier alpha value is -0.0400. The molecule has 0 aromatic rings. The van der Waals surface area contributed by atoms with Crippen LogP contribution in [0.3, 0.4) is 0 Å². The Balaban J connectivity index is 1.67. The fourth-order valence-corrected chi connectivity index (χ4v) is 3.33. The molecule has 15 heavy (non-hydrogen) atoms. The highest BCUT2D eigenvalue weighted by molar-refractivity contribution is 4.76. The van der Waals surface area contributed by atoms with Gasteiger partial charge in [-0.3, -0.25) is 0 Å². The second-order valence-corrected chi connectivity index (χ2v) is 5.66. The maximum absolute atomic E-state index is 2.72. The predicted octanol–water partition coefficient (Wildman–Crippen LogP) is 3.69. The van der Waals surface area contributed by atoms with Crippen LogP contribution in [0.4, 0.5) is 0 Å². The summed E-state index contributed by atoms with van der Waals surface area (Å²) in [4.78, 5) is 2.72. The van der Waals surface area contributed by atoms with E-state index in [1.54, 1.807) is 0 Å². The van der Waals surface area contributed by atoms with Gasteiger partial charge < -0.3 is 4.90 Å². The summed E-state index contributed by atoms with van der Waals surface area (Å²) in [5, 5.41) is 0. The molecule has 88 valence electrons. The van der Waals surface area contributed by atoms with Crippen LogP contribution in [-0.4, -0.2) is 24.5 Å². The molecule has 0 spiro atoms. The summed E-state index contributed by atoms with van der Waals surface area (Å²) in [5.74, 6) is 2.09. The SMILES string of the molecule is CCC1CCC(CN2CCCCC2)CC1. The van der Waals surface area contributed by atoms with Gasteiger partial charge in [-0.1, -0.05) is 32.6 Å². The summed E-state index contributed by atoms with van der Waals surface area (Å²) in [7, 11) is 0. The Labute approximate surface area is 95.2 Å². The third-order valence-electron chi connectivity index (χ3n) is 4.51. The second-order valence-electron chi connectivity index (χ2n) is 5.66. The third-order valence-corrected chi connectivity index (χ3v) is 4.51. The Bertz CT molecular complexity index is 164. The van der Waals surface area contributed by atoms with E-state index in [1.165, 1.54) is 71.0 Å². The molecule has 1 aliphatic heterocycles. The van der Waals surface area contributed by atoms with Crippen molar-refractivity contribution in [3.63, 3.8) is 0 Å². The Kier molecular flexibility index (Phi) is 4.49. The van der Waals surface area contributed by atoms with Crippen molar-refractivity contribution in [3.05, 3.63) is 0 Å². The van der Waals surface area contributed by atoms with Gasteiger partial charge in [0.2, 0.25) is 0 Å². The van der Waals surface area contributed by atoms with E-state index in [1.807, 2.05) is 0 Å². The van der Waals surface area contributed by atoms with Gasteiger partial charge in [0.1, 0.15) is 0 Å². The van der Waals surface area contributed by atoms with Crippen molar-refractivity contribution in [1.29, 1.82) is 0 Å². The highest BCUT2D eigenvalue weighted by Gasteiger charge is 2.22. The van der Waals surface area contributed by atoms with Gasteiger partial charge >= 0.3 is 0 Å². The molecule has 0 unspecified atom stereocenters. The van der Waals surface area contributed by atoms with E-state index >= 15 is 0 Å². The summed E-state index contributed by atoms with van der Waals surface area (Å²) in [6.45, 7) is 6.54. The number of nitrogens with zero attached hydrogens (tertiary/aromatic N) is 1. The molecule has 0 aromatic heterocycles. The van der Waals surface area contributed by atoms with Crippen LogP contribution in [0.15, 0.2) is 0 Å². The van der Waals surface area contributed by atoms with Crippen LogP contribution in [0.2, 0.25) is 0 Å². The van der Waals surface area contributed by atoms with Crippen LogP contribution in [-0.2, 0) is 0 Å². The van der Waals surface area contributed by atoms with Gasteiger partial charge in [-0.15, -0.1) is 0 Å². The smallest absolute Gasteiger partial charge is 0.000966 e. The lowest BCUT2D eigenvalue weighted by molar-refractivity contribution is 0.158. The fraction of sp³-hybridized carbons (Fsp3) is 1.00. The van der Waals surface area contributed by atoms with Crippen molar-refractivity contribution in [3.8, 4) is 0 Å². The largest absolute Gasteiger partial charge is 0.303 e. The van der Waals surface area contributed by atoms with Crippen LogP contribution >= 0.6 is 0 Å². The van der Waals surface area contributed by atoms with E-state index in [-0.39, 0.29) is 0 Å². The Morgan fingerprint density at radius 1 is 0.867 bits per heavy atom. The quantitative estimate of drug-likeness (QED) is 0.685. The number of rotatable bonds is 3. The molecule has 2 rings (SSSR count). The van der Waals surface area contributed by atoms with Crippen molar-refractivity contribution >= 4 is 0 Å². The third kappa shape index (κ3) is 3.48. The van der Waals surface area contributed by atoms with Crippen LogP contribution in [0.1, 0.15) is 58.3 Å². The lowest BCUT2D eigenvalue weighted by Gasteiger charge is -2.34. The summed E-state index contributed by atoms with van der Waals surface area (Å²) in [6.07, 6.45) is 11.8. The number of hydrogen-bond acceptors (Lipinski definition) is 1. The molecule has 0 radical (unpaired) electrons. The molecule has 0 atom stereocenters. The summed E-state index contributed by atoms with van der Waals surface area (Å²) in [6, 6.07) is 0. The van der Waals surface area contributed by atoms with E-state index in [0.29, 0.717) is 0 Å². The first-order chi connectivity index (χ1) is 7.38. The molecule has 1 aliphatic carbocycles. The molecule has 1 saturated heterocycles. The lowest BCUT2D eigenvalue weighted by atomic mass is 9.80. The summed E-state index contributed by atoms with van der Waals surface area (Å²) < 4.78 is 0. The molecule has 0 amide bonds. The lowest BCUT2D eigenvalue weighted by Crippen LogP contribution is -2.35. The topological polar surface area (TPSA) is 3.24 Å². The standard InChI is InChI=1S/C14H27N/c1-2-13-6-8-14(9-7-13)12-15-10-4-3-5-11-15/h13-14H,2-12H2,1H3. The molecule has 0 N–H and O–H groups in total. The Morgan fingerprint density at radius 3 is 2.07 bits per heavy atom. The molecule has 2 aliphatic rings. The summed E-state index contributed by atoms with van der Waals surface area (Å²) >= 11 is 0. The Morgan fingerprint density at radius 2 is 1.47 bits per heavy atom. The van der Waals surface area contributed by atoms with Crippen LogP contribution in [0.5, 0.6) is 0 Å². The minimum atomic E-state index is 1.03. The number of piperidine rings is 1. The van der Waals surface area contributed by atoms with E-state index < -0.39 is 0 Å². The summed E-state index contributed by atoms with van der Waals surface area (Å²) in [5.41, 5.74) is 0. The molecular weight excluding hydrogens is 182 g/mol. The maximum Gasteiger partial charge on any atom is 0.000966 e. The van der Waals surface area contributed by atoms with Crippen molar-refractivity contribution in [2.75, 3.05) is 19.6 Å². The van der Waals surface area contributed by atoms with E-state index in [9.17, 15) is 0 Å². The molecule has 1 saturated carbocycles. The molecule has 0 aromatic carbocycles. The minimum Gasteiger partial charge on any atom is -0.303 e. The van der Waals surface area contributed by atoms with Gasteiger partial charge in [-0.25, -0.2) is 0 Å². The van der Waals surface area contributed by atoms with E-state index in [2.05, 4.69) is 11.8 Å². The molecule has 2 fully saturated rings. The molecular formula is C14H27N. The molecule has 1 heteroatoms. The van der Waals surface area contributed by atoms with Gasteiger partial charge in [0.05, 0.1) is 0 Å². The maximum atomic E-state index is 2.72. The van der Waals surface area contributed by atoms with Gasteiger partial charge in [0.25, 0.3) is 0 Å². The van der Waals surface area contributed by atoms with E-state index in [0.717, 1.165) is 11.8 Å². The zero-order chi connectivity index (χ0) is 10.5. The molecule has 1 heterocycles. The van der Waals surface area contributed by atoms with Crippen molar-refractivity contribution in [2.24, 2.45) is 11.8 Å². The monoisotopic (exact) mass is 209 g/mol. The average Bonchev–Trinajstić information content (AvgIpc) is 2.31. The first-order valence-corrected chi connectivity index (χ1v) is 7.11. The second kappa shape index (κ2) is 5.89. The molecule has 0 bridgehead atoms. The van der Waals surface area contributed by atoms with Gasteiger partial charge in [-0.2, -0.15) is 0 Å². The molecule has 1 nitrogen and oxygen atoms in total. The van der Waals surface area contributed by atoms with Gasteiger partial charge in [0, 0.05) is 6.54 Å². The van der Waals surface area contributed by atoms with Crippen LogP contribution < -0.4 is 0 Å². The minimum absolute atomic E-state index is 1.03. The highest BCUT2D eigenvalue weighted by Crippen LogP contribution is 2.31. The highest BCUT2D eigenvalue weighted by atomic mass is 15.1. The van der Waals surface area contributed by atoms with Gasteiger partial charge in [-0.05, 0) is 50.6 Å². The van der Waals surface area contributed by atoms with Crippen molar-refractivity contribution in [2.45, 2.75) is 58.3 Å². The normalized spacial score (nSPS) is 34.2. The first kappa shape index (κ1) is 11.4. The fourth-order valence-electron chi connectivity index (χ4n) is 3.33. The van der Waals surface area contributed by atoms with Crippen molar-refractivity contribution in [1.82, 2.24) is 4.90 Å². The van der Waals surface area contributed by atoms with Crippen molar-refractivity contribution < 1.29 is 0 Å².